The smallest absolute Gasteiger partial charge is 0.191 e. The number of nitrogens with zero attached hydrogens (tertiary/aromatic N) is 2. The molecule has 0 spiro atoms. The number of nitrogens with one attached hydrogen (secondary N) is 2. The van der Waals surface area contributed by atoms with Crippen LogP contribution in [0.15, 0.2) is 23.2 Å². The molecule has 0 saturated carbocycles. The average Bonchev–Trinajstić information content (AvgIpc) is 2.56. The van der Waals surface area contributed by atoms with E-state index in [2.05, 4.69) is 66.5 Å². The second-order valence-corrected chi connectivity index (χ2v) is 5.71. The van der Waals surface area contributed by atoms with Crippen LogP contribution in [0.3, 0.4) is 0 Å². The Labute approximate surface area is 141 Å². The van der Waals surface area contributed by atoms with Crippen LogP contribution in [-0.2, 0) is 6.54 Å². The molecule has 5 heteroatoms. The topological polar surface area (TPSA) is 48.9 Å². The SMILES string of the molecule is CCCOc1cc(C)ccc1CNC(=NC)NCCN(C)CC. The maximum absolute atomic E-state index is 5.85. The van der Waals surface area contributed by atoms with E-state index in [1.54, 1.807) is 7.05 Å². The zero-order chi connectivity index (χ0) is 17.1. The van der Waals surface area contributed by atoms with Crippen LogP contribution in [0.5, 0.6) is 5.75 Å². The van der Waals surface area contributed by atoms with Crippen LogP contribution in [0.4, 0.5) is 0 Å². The Hall–Kier alpha value is -1.75. The molecule has 23 heavy (non-hydrogen) atoms. The van der Waals surface area contributed by atoms with Crippen LogP contribution in [0.1, 0.15) is 31.4 Å². The van der Waals surface area contributed by atoms with Gasteiger partial charge in [-0.15, -0.1) is 0 Å². The Morgan fingerprint density at radius 1 is 1.26 bits per heavy atom. The lowest BCUT2D eigenvalue weighted by Gasteiger charge is -2.17. The van der Waals surface area contributed by atoms with Crippen LogP contribution >= 0.6 is 0 Å². The number of likely N-dealkylation sites (N-methyl/N-ethyl adjacent to an activating group) is 1. The third-order valence-electron chi connectivity index (χ3n) is 3.68. The summed E-state index contributed by atoms with van der Waals surface area (Å²) in [5.74, 6) is 1.78. The first-order valence-electron chi connectivity index (χ1n) is 8.46. The molecule has 1 rings (SSSR count). The van der Waals surface area contributed by atoms with Crippen molar-refractivity contribution in [1.29, 1.82) is 0 Å². The first-order chi connectivity index (χ1) is 11.1. The summed E-state index contributed by atoms with van der Waals surface area (Å²) >= 11 is 0. The Bertz CT molecular complexity index is 488. The van der Waals surface area contributed by atoms with E-state index in [4.69, 9.17) is 4.74 Å². The Balaban J connectivity index is 2.54. The minimum Gasteiger partial charge on any atom is -0.493 e. The predicted molar refractivity (Wildman–Crippen MR) is 98.3 cm³/mol. The summed E-state index contributed by atoms with van der Waals surface area (Å²) in [6.45, 7) is 10.7. The lowest BCUT2D eigenvalue weighted by Crippen LogP contribution is -2.40. The molecule has 0 heterocycles. The standard InChI is InChI=1S/C18H32N4O/c1-6-12-23-17-13-15(3)8-9-16(17)14-21-18(19-4)20-10-11-22(5)7-2/h8-9,13H,6-7,10-12,14H2,1-5H3,(H2,19,20,21). The van der Waals surface area contributed by atoms with Crippen LogP contribution in [0.25, 0.3) is 0 Å². The average molecular weight is 320 g/mol. The highest BCUT2D eigenvalue weighted by atomic mass is 16.5. The summed E-state index contributed by atoms with van der Waals surface area (Å²) < 4.78 is 5.85. The van der Waals surface area contributed by atoms with Crippen molar-refractivity contribution in [1.82, 2.24) is 15.5 Å². The van der Waals surface area contributed by atoms with Crippen molar-refractivity contribution < 1.29 is 4.74 Å². The van der Waals surface area contributed by atoms with Gasteiger partial charge in [0.05, 0.1) is 6.61 Å². The van der Waals surface area contributed by atoms with Gasteiger partial charge in [-0.2, -0.15) is 0 Å². The van der Waals surface area contributed by atoms with E-state index in [-0.39, 0.29) is 0 Å². The first-order valence-corrected chi connectivity index (χ1v) is 8.46. The monoisotopic (exact) mass is 320 g/mol. The molecule has 1 aromatic carbocycles. The molecule has 0 aliphatic carbocycles. The van der Waals surface area contributed by atoms with Crippen molar-refractivity contribution in [3.63, 3.8) is 0 Å². The van der Waals surface area contributed by atoms with E-state index < -0.39 is 0 Å². The van der Waals surface area contributed by atoms with Gasteiger partial charge in [0.25, 0.3) is 0 Å². The molecule has 130 valence electrons. The largest absolute Gasteiger partial charge is 0.493 e. The summed E-state index contributed by atoms with van der Waals surface area (Å²) in [5, 5.41) is 6.69. The molecule has 0 radical (unpaired) electrons. The summed E-state index contributed by atoms with van der Waals surface area (Å²) in [4.78, 5) is 6.53. The second-order valence-electron chi connectivity index (χ2n) is 5.71. The number of hydrogen-bond donors (Lipinski definition) is 2. The molecule has 5 nitrogen and oxygen atoms in total. The van der Waals surface area contributed by atoms with Gasteiger partial charge in [-0.25, -0.2) is 0 Å². The molecule has 0 saturated heterocycles. The summed E-state index contributed by atoms with van der Waals surface area (Å²) in [7, 11) is 3.91. The van der Waals surface area contributed by atoms with Crippen molar-refractivity contribution in [2.45, 2.75) is 33.7 Å². The number of aliphatic imine (C=N–C) groups is 1. The van der Waals surface area contributed by atoms with Gasteiger partial charge in [-0.05, 0) is 38.6 Å². The van der Waals surface area contributed by atoms with Gasteiger partial charge in [0, 0.05) is 32.2 Å². The van der Waals surface area contributed by atoms with Gasteiger partial charge in [-0.1, -0.05) is 26.0 Å². The van der Waals surface area contributed by atoms with Gasteiger partial charge in [-0.3, -0.25) is 4.99 Å². The van der Waals surface area contributed by atoms with Crippen molar-refractivity contribution in [2.75, 3.05) is 40.3 Å². The Morgan fingerprint density at radius 2 is 2.04 bits per heavy atom. The van der Waals surface area contributed by atoms with E-state index in [0.717, 1.165) is 49.9 Å². The molecule has 0 aliphatic rings. The Kier molecular flexibility index (Phi) is 9.14. The molecule has 0 atom stereocenters. The fourth-order valence-corrected chi connectivity index (χ4v) is 2.08. The third-order valence-corrected chi connectivity index (χ3v) is 3.68. The summed E-state index contributed by atoms with van der Waals surface area (Å²) in [5.41, 5.74) is 2.36. The van der Waals surface area contributed by atoms with Crippen LogP contribution in [-0.4, -0.2) is 51.2 Å². The van der Waals surface area contributed by atoms with Gasteiger partial charge in [0.2, 0.25) is 0 Å². The number of aryl methyl sites for hydroxylation is 1. The Morgan fingerprint density at radius 3 is 2.70 bits per heavy atom. The maximum atomic E-state index is 5.85. The molecule has 0 aromatic heterocycles. The highest BCUT2D eigenvalue weighted by Gasteiger charge is 2.06. The van der Waals surface area contributed by atoms with E-state index in [1.807, 2.05) is 0 Å². The van der Waals surface area contributed by atoms with Crippen LogP contribution in [0, 0.1) is 6.92 Å². The fourth-order valence-electron chi connectivity index (χ4n) is 2.08. The van der Waals surface area contributed by atoms with Crippen molar-refractivity contribution >= 4 is 5.96 Å². The number of guanidine groups is 1. The lowest BCUT2D eigenvalue weighted by molar-refractivity contribution is 0.313. The number of benzene rings is 1. The number of ether oxygens (including phenoxy) is 1. The first kappa shape index (κ1) is 19.3. The minimum atomic E-state index is 0.697. The third kappa shape index (κ3) is 7.37. The molecule has 0 unspecified atom stereocenters. The molecule has 0 bridgehead atoms. The molecule has 1 aromatic rings. The predicted octanol–water partition coefficient (Wildman–Crippen LogP) is 2.40. The van der Waals surface area contributed by atoms with Gasteiger partial charge < -0.3 is 20.3 Å². The van der Waals surface area contributed by atoms with Gasteiger partial charge in [0.15, 0.2) is 5.96 Å². The quantitative estimate of drug-likeness (QED) is 0.542. The fraction of sp³-hybridized carbons (Fsp3) is 0.611. The summed E-state index contributed by atoms with van der Waals surface area (Å²) in [6.07, 6.45) is 1.01. The molecule has 0 fully saturated rings. The van der Waals surface area contributed by atoms with E-state index in [9.17, 15) is 0 Å². The van der Waals surface area contributed by atoms with Crippen molar-refractivity contribution in [3.8, 4) is 5.75 Å². The number of rotatable bonds is 9. The van der Waals surface area contributed by atoms with Crippen molar-refractivity contribution in [3.05, 3.63) is 29.3 Å². The molecular weight excluding hydrogens is 288 g/mol. The number of hydrogen-bond acceptors (Lipinski definition) is 3. The van der Waals surface area contributed by atoms with Gasteiger partial charge in [0.1, 0.15) is 5.75 Å². The second kappa shape index (κ2) is 10.9. The van der Waals surface area contributed by atoms with E-state index >= 15 is 0 Å². The molecule has 0 aliphatic heterocycles. The van der Waals surface area contributed by atoms with E-state index in [0.29, 0.717) is 6.54 Å². The normalized spacial score (nSPS) is 11.7. The molecule has 0 amide bonds. The highest BCUT2D eigenvalue weighted by Crippen LogP contribution is 2.20. The summed E-state index contributed by atoms with van der Waals surface area (Å²) in [6, 6.07) is 6.33. The van der Waals surface area contributed by atoms with Gasteiger partial charge >= 0.3 is 0 Å². The van der Waals surface area contributed by atoms with Crippen LogP contribution in [0.2, 0.25) is 0 Å². The minimum absolute atomic E-state index is 0.697. The maximum Gasteiger partial charge on any atom is 0.191 e. The highest BCUT2D eigenvalue weighted by molar-refractivity contribution is 5.79. The molecule has 2 N–H and O–H groups in total. The zero-order valence-corrected chi connectivity index (χ0v) is 15.3. The van der Waals surface area contributed by atoms with E-state index in [1.165, 1.54) is 5.56 Å². The van der Waals surface area contributed by atoms with Crippen molar-refractivity contribution in [2.24, 2.45) is 4.99 Å². The van der Waals surface area contributed by atoms with Crippen LogP contribution < -0.4 is 15.4 Å². The zero-order valence-electron chi connectivity index (χ0n) is 15.3. The molecular formula is C18H32N4O. The lowest BCUT2D eigenvalue weighted by atomic mass is 10.1.